The monoisotopic (exact) mass is 270 g/mol. The normalized spacial score (nSPS) is 13.1. The van der Waals surface area contributed by atoms with E-state index in [0.29, 0.717) is 19.7 Å². The highest BCUT2D eigenvalue weighted by molar-refractivity contribution is 5.85. The van der Waals surface area contributed by atoms with Crippen molar-refractivity contribution in [3.05, 3.63) is 35.4 Å². The minimum absolute atomic E-state index is 0. The molecule has 5 heteroatoms. The van der Waals surface area contributed by atoms with Crippen LogP contribution in [-0.2, 0) is 22.6 Å². The molecule has 0 saturated heterocycles. The Morgan fingerprint density at radius 3 is 2.50 bits per heavy atom. The molecule has 1 amide bonds. The first-order valence-electron chi connectivity index (χ1n) is 5.85. The predicted octanol–water partition coefficient (Wildman–Crippen LogP) is 1.19. The molecule has 1 aromatic carbocycles. The lowest BCUT2D eigenvalue weighted by atomic mass is 10.1. The molecule has 0 aliphatic carbocycles. The first-order valence-corrected chi connectivity index (χ1v) is 5.85. The Morgan fingerprint density at radius 1 is 1.33 bits per heavy atom. The van der Waals surface area contributed by atoms with Crippen molar-refractivity contribution >= 4 is 18.3 Å². The second kappa shape index (κ2) is 7.36. The molecule has 0 saturated carbocycles. The topological polar surface area (TPSA) is 41.6 Å². The van der Waals surface area contributed by atoms with E-state index >= 15 is 0 Å². The Morgan fingerprint density at radius 2 is 1.94 bits per heavy atom. The molecule has 1 aromatic rings. The summed E-state index contributed by atoms with van der Waals surface area (Å²) in [6.07, 6.45) is 0. The molecule has 0 atom stereocenters. The lowest BCUT2D eigenvalue weighted by Crippen LogP contribution is -2.35. The fourth-order valence-corrected chi connectivity index (χ4v) is 1.99. The smallest absolute Gasteiger partial charge is 0.237 e. The van der Waals surface area contributed by atoms with Gasteiger partial charge in [0.2, 0.25) is 5.91 Å². The third-order valence-corrected chi connectivity index (χ3v) is 2.95. The molecular weight excluding hydrogens is 252 g/mol. The van der Waals surface area contributed by atoms with Crippen molar-refractivity contribution in [2.75, 3.05) is 26.8 Å². The highest BCUT2D eigenvalue weighted by Gasteiger charge is 2.21. The van der Waals surface area contributed by atoms with Crippen LogP contribution < -0.4 is 5.32 Å². The van der Waals surface area contributed by atoms with Gasteiger partial charge in [-0.05, 0) is 11.1 Å². The van der Waals surface area contributed by atoms with Gasteiger partial charge in [0, 0.05) is 26.7 Å². The molecule has 1 N–H and O–H groups in total. The molecule has 18 heavy (non-hydrogen) atoms. The third-order valence-electron chi connectivity index (χ3n) is 2.95. The first-order chi connectivity index (χ1) is 8.31. The number of ether oxygens (including phenoxy) is 1. The van der Waals surface area contributed by atoms with Crippen molar-refractivity contribution in [3.63, 3.8) is 0 Å². The molecule has 1 aliphatic heterocycles. The summed E-state index contributed by atoms with van der Waals surface area (Å²) in [6.45, 7) is 3.20. The van der Waals surface area contributed by atoms with Gasteiger partial charge in [-0.15, -0.1) is 12.4 Å². The van der Waals surface area contributed by atoms with Crippen LogP contribution in [0, 0.1) is 0 Å². The van der Waals surface area contributed by atoms with Gasteiger partial charge in [0.1, 0.15) is 0 Å². The summed E-state index contributed by atoms with van der Waals surface area (Å²) in [5, 5.41) is 3.07. The van der Waals surface area contributed by atoms with Crippen LogP contribution in [0.15, 0.2) is 24.3 Å². The number of nitrogens with one attached hydrogen (secondary N) is 1. The van der Waals surface area contributed by atoms with Crippen LogP contribution in [0.25, 0.3) is 0 Å². The molecule has 1 aliphatic rings. The van der Waals surface area contributed by atoms with E-state index in [4.69, 9.17) is 4.74 Å². The van der Waals surface area contributed by atoms with Gasteiger partial charge in [0.25, 0.3) is 0 Å². The van der Waals surface area contributed by atoms with Gasteiger partial charge in [-0.2, -0.15) is 0 Å². The average molecular weight is 271 g/mol. The maximum atomic E-state index is 11.9. The summed E-state index contributed by atoms with van der Waals surface area (Å²) in [5.41, 5.74) is 2.52. The van der Waals surface area contributed by atoms with E-state index in [2.05, 4.69) is 17.4 Å². The van der Waals surface area contributed by atoms with E-state index in [1.54, 1.807) is 7.11 Å². The second-order valence-electron chi connectivity index (χ2n) is 4.19. The Kier molecular flexibility index (Phi) is 6.12. The van der Waals surface area contributed by atoms with Crippen molar-refractivity contribution < 1.29 is 9.53 Å². The standard InChI is InChI=1S/C13H18N2O2.ClH/c1-17-7-6-14-8-13(16)15-9-11-4-2-3-5-12(11)10-15;/h2-5,14H,6-10H2,1H3;1H. The Bertz CT molecular complexity index is 373. The summed E-state index contributed by atoms with van der Waals surface area (Å²) in [4.78, 5) is 13.8. The maximum Gasteiger partial charge on any atom is 0.237 e. The Hall–Kier alpha value is -1.10. The summed E-state index contributed by atoms with van der Waals surface area (Å²) in [5.74, 6) is 0.150. The highest BCUT2D eigenvalue weighted by Crippen LogP contribution is 2.21. The van der Waals surface area contributed by atoms with Gasteiger partial charge < -0.3 is 15.0 Å². The van der Waals surface area contributed by atoms with Crippen LogP contribution in [0.4, 0.5) is 0 Å². The summed E-state index contributed by atoms with van der Waals surface area (Å²) in [7, 11) is 1.65. The number of rotatable bonds is 5. The fraction of sp³-hybridized carbons (Fsp3) is 0.462. The van der Waals surface area contributed by atoms with E-state index in [1.807, 2.05) is 17.0 Å². The van der Waals surface area contributed by atoms with Crippen LogP contribution in [0.1, 0.15) is 11.1 Å². The molecular formula is C13H19ClN2O2. The van der Waals surface area contributed by atoms with Crippen molar-refractivity contribution in [1.82, 2.24) is 10.2 Å². The predicted molar refractivity (Wildman–Crippen MR) is 72.7 cm³/mol. The number of carbonyl (C=O) groups is 1. The summed E-state index contributed by atoms with van der Waals surface area (Å²) < 4.78 is 4.91. The molecule has 0 aromatic heterocycles. The van der Waals surface area contributed by atoms with E-state index in [1.165, 1.54) is 11.1 Å². The molecule has 2 rings (SSSR count). The lowest BCUT2D eigenvalue weighted by Gasteiger charge is -2.15. The molecule has 100 valence electrons. The largest absolute Gasteiger partial charge is 0.383 e. The zero-order valence-corrected chi connectivity index (χ0v) is 11.3. The van der Waals surface area contributed by atoms with E-state index in [9.17, 15) is 4.79 Å². The van der Waals surface area contributed by atoms with Gasteiger partial charge in [0.05, 0.1) is 13.2 Å². The van der Waals surface area contributed by atoms with Gasteiger partial charge in [0.15, 0.2) is 0 Å². The van der Waals surface area contributed by atoms with Crippen LogP contribution in [0.5, 0.6) is 0 Å². The molecule has 0 bridgehead atoms. The van der Waals surface area contributed by atoms with Crippen molar-refractivity contribution in [3.8, 4) is 0 Å². The fourth-order valence-electron chi connectivity index (χ4n) is 1.99. The number of hydrogen-bond acceptors (Lipinski definition) is 3. The maximum absolute atomic E-state index is 11.9. The van der Waals surface area contributed by atoms with Gasteiger partial charge in [-0.1, -0.05) is 24.3 Å². The van der Waals surface area contributed by atoms with Crippen molar-refractivity contribution in [1.29, 1.82) is 0 Å². The second-order valence-corrected chi connectivity index (χ2v) is 4.19. The minimum Gasteiger partial charge on any atom is -0.383 e. The van der Waals surface area contributed by atoms with Crippen LogP contribution in [0.3, 0.4) is 0 Å². The van der Waals surface area contributed by atoms with E-state index in [-0.39, 0.29) is 18.3 Å². The van der Waals surface area contributed by atoms with Crippen LogP contribution in [0.2, 0.25) is 0 Å². The molecule has 0 unspecified atom stereocenters. The minimum atomic E-state index is 0. The molecule has 0 spiro atoms. The number of benzene rings is 1. The highest BCUT2D eigenvalue weighted by atomic mass is 35.5. The van der Waals surface area contributed by atoms with Gasteiger partial charge in [-0.3, -0.25) is 4.79 Å². The molecule has 0 radical (unpaired) electrons. The number of carbonyl (C=O) groups excluding carboxylic acids is 1. The Balaban J connectivity index is 0.00000162. The zero-order valence-electron chi connectivity index (χ0n) is 10.5. The van der Waals surface area contributed by atoms with E-state index < -0.39 is 0 Å². The zero-order chi connectivity index (χ0) is 12.1. The third kappa shape index (κ3) is 3.70. The SMILES string of the molecule is COCCNCC(=O)N1Cc2ccccc2C1.Cl. The number of hydrogen-bond donors (Lipinski definition) is 1. The number of methoxy groups -OCH3 is 1. The van der Waals surface area contributed by atoms with Crippen LogP contribution >= 0.6 is 12.4 Å². The molecule has 0 fully saturated rings. The lowest BCUT2D eigenvalue weighted by molar-refractivity contribution is -0.130. The number of nitrogens with zero attached hydrogens (tertiary/aromatic N) is 1. The average Bonchev–Trinajstić information content (AvgIpc) is 2.78. The van der Waals surface area contributed by atoms with Crippen molar-refractivity contribution in [2.24, 2.45) is 0 Å². The first kappa shape index (κ1) is 15.0. The number of amides is 1. The summed E-state index contributed by atoms with van der Waals surface area (Å²) >= 11 is 0. The molecule has 1 heterocycles. The number of halogens is 1. The van der Waals surface area contributed by atoms with Gasteiger partial charge >= 0.3 is 0 Å². The van der Waals surface area contributed by atoms with Crippen LogP contribution in [-0.4, -0.2) is 37.6 Å². The van der Waals surface area contributed by atoms with E-state index in [0.717, 1.165) is 13.1 Å². The number of fused-ring (bicyclic) bond motifs is 1. The molecule has 4 nitrogen and oxygen atoms in total. The van der Waals surface area contributed by atoms with Crippen molar-refractivity contribution in [2.45, 2.75) is 13.1 Å². The quantitative estimate of drug-likeness (QED) is 0.817. The summed E-state index contributed by atoms with van der Waals surface area (Å²) in [6, 6.07) is 8.20. The Labute approximate surface area is 114 Å². The van der Waals surface area contributed by atoms with Gasteiger partial charge in [-0.25, -0.2) is 0 Å².